The molecule has 1 aliphatic rings. The Balaban J connectivity index is 1.99. The van der Waals surface area contributed by atoms with Crippen molar-refractivity contribution in [1.29, 1.82) is 0 Å². The van der Waals surface area contributed by atoms with Crippen molar-refractivity contribution in [3.8, 4) is 0 Å². The molecular formula is C18H11NO5S. The highest BCUT2D eigenvalue weighted by Gasteiger charge is 2.32. The molecule has 0 saturated heterocycles. The summed E-state index contributed by atoms with van der Waals surface area (Å²) in [4.78, 5) is 49.6. The van der Waals surface area contributed by atoms with Gasteiger partial charge in [0.05, 0.1) is 22.8 Å². The van der Waals surface area contributed by atoms with Crippen LogP contribution >= 0.6 is 11.5 Å². The quantitative estimate of drug-likeness (QED) is 0.515. The smallest absolute Gasteiger partial charge is 0.326 e. The molecule has 3 aromatic rings. The monoisotopic (exact) mass is 353 g/mol. The number of carbonyl (C=O) groups excluding carboxylic acids is 3. The molecular weight excluding hydrogens is 342 g/mol. The highest BCUT2D eigenvalue weighted by molar-refractivity contribution is 7.14. The number of methoxy groups -OCH3 is 1. The Labute approximate surface area is 145 Å². The summed E-state index contributed by atoms with van der Waals surface area (Å²) >= 11 is 0.993. The molecule has 0 aliphatic heterocycles. The van der Waals surface area contributed by atoms with Crippen LogP contribution in [0.5, 0.6) is 0 Å². The molecule has 6 nitrogen and oxygen atoms in total. The summed E-state index contributed by atoms with van der Waals surface area (Å²) in [5.41, 5.74) is 0.815. The zero-order chi connectivity index (χ0) is 17.7. The molecule has 0 radical (unpaired) electrons. The lowest BCUT2D eigenvalue weighted by molar-refractivity contribution is -0.141. The predicted molar refractivity (Wildman–Crippen MR) is 91.4 cm³/mol. The Morgan fingerprint density at radius 3 is 2.36 bits per heavy atom. The SMILES string of the molecule is COC(=O)Cn1sc2c3c(ccc2c1=O)C(=O)c1ccccc1C3=O. The van der Waals surface area contributed by atoms with Crippen LogP contribution in [-0.2, 0) is 16.1 Å². The lowest BCUT2D eigenvalue weighted by atomic mass is 9.84. The van der Waals surface area contributed by atoms with Gasteiger partial charge in [-0.25, -0.2) is 0 Å². The second-order valence-electron chi connectivity index (χ2n) is 5.58. The van der Waals surface area contributed by atoms with Gasteiger partial charge < -0.3 is 4.74 Å². The molecule has 1 aliphatic carbocycles. The molecule has 0 amide bonds. The fourth-order valence-electron chi connectivity index (χ4n) is 2.99. The van der Waals surface area contributed by atoms with E-state index in [1.807, 2.05) is 0 Å². The van der Waals surface area contributed by atoms with E-state index in [0.29, 0.717) is 21.2 Å². The van der Waals surface area contributed by atoms with Crippen molar-refractivity contribution in [3.63, 3.8) is 0 Å². The lowest BCUT2D eigenvalue weighted by Crippen LogP contribution is -2.21. The van der Waals surface area contributed by atoms with Crippen molar-refractivity contribution >= 4 is 39.2 Å². The second-order valence-corrected chi connectivity index (χ2v) is 6.61. The van der Waals surface area contributed by atoms with Gasteiger partial charge in [0.2, 0.25) is 0 Å². The number of benzene rings is 2. The molecule has 0 atom stereocenters. The number of hydrogen-bond acceptors (Lipinski definition) is 6. The normalized spacial score (nSPS) is 12.8. The Kier molecular flexibility index (Phi) is 3.40. The van der Waals surface area contributed by atoms with E-state index >= 15 is 0 Å². The first-order chi connectivity index (χ1) is 12.0. The topological polar surface area (TPSA) is 82.4 Å². The zero-order valence-corrected chi connectivity index (χ0v) is 13.9. The highest BCUT2D eigenvalue weighted by Crippen LogP contribution is 2.33. The summed E-state index contributed by atoms with van der Waals surface area (Å²) in [6, 6.07) is 9.66. The summed E-state index contributed by atoms with van der Waals surface area (Å²) in [6.07, 6.45) is 0. The van der Waals surface area contributed by atoms with Crippen LogP contribution in [0.15, 0.2) is 41.2 Å². The minimum absolute atomic E-state index is 0.229. The first kappa shape index (κ1) is 15.5. The van der Waals surface area contributed by atoms with Crippen molar-refractivity contribution in [2.24, 2.45) is 0 Å². The molecule has 0 unspecified atom stereocenters. The number of nitrogens with zero attached hydrogens (tertiary/aromatic N) is 1. The third kappa shape index (κ3) is 2.16. The summed E-state index contributed by atoms with van der Waals surface area (Å²) in [5.74, 6) is -1.09. The van der Waals surface area contributed by atoms with Gasteiger partial charge in [-0.2, -0.15) is 0 Å². The Morgan fingerprint density at radius 1 is 1.00 bits per heavy atom. The van der Waals surface area contributed by atoms with Gasteiger partial charge in [0.1, 0.15) is 6.54 Å². The maximum absolute atomic E-state index is 12.9. The van der Waals surface area contributed by atoms with Gasteiger partial charge in [-0.1, -0.05) is 35.8 Å². The van der Waals surface area contributed by atoms with Crippen LogP contribution in [0.25, 0.3) is 10.1 Å². The van der Waals surface area contributed by atoms with Crippen molar-refractivity contribution < 1.29 is 19.1 Å². The fourth-order valence-corrected chi connectivity index (χ4v) is 4.11. The molecule has 0 N–H and O–H groups in total. The van der Waals surface area contributed by atoms with Gasteiger partial charge in [-0.15, -0.1) is 0 Å². The minimum atomic E-state index is -0.560. The van der Waals surface area contributed by atoms with Crippen LogP contribution < -0.4 is 5.56 Å². The molecule has 1 aromatic heterocycles. The molecule has 0 bridgehead atoms. The van der Waals surface area contributed by atoms with E-state index in [1.54, 1.807) is 24.3 Å². The maximum Gasteiger partial charge on any atom is 0.326 e. The largest absolute Gasteiger partial charge is 0.468 e. The third-order valence-corrected chi connectivity index (χ3v) is 5.33. The molecule has 0 fully saturated rings. The number of esters is 1. The van der Waals surface area contributed by atoms with E-state index in [1.165, 1.54) is 23.2 Å². The molecule has 7 heteroatoms. The maximum atomic E-state index is 12.9. The molecule has 4 rings (SSSR count). The minimum Gasteiger partial charge on any atom is -0.468 e. The first-order valence-electron chi connectivity index (χ1n) is 7.45. The van der Waals surface area contributed by atoms with Crippen LogP contribution in [0.3, 0.4) is 0 Å². The van der Waals surface area contributed by atoms with E-state index in [9.17, 15) is 19.2 Å². The molecule has 0 saturated carbocycles. The van der Waals surface area contributed by atoms with Crippen LogP contribution in [-0.4, -0.2) is 28.6 Å². The number of ketones is 2. The second kappa shape index (κ2) is 5.49. The Morgan fingerprint density at radius 2 is 1.68 bits per heavy atom. The number of aromatic nitrogens is 1. The Hall–Kier alpha value is -3.06. The number of carbonyl (C=O) groups is 3. The summed E-state index contributed by atoms with van der Waals surface area (Å²) in [6.45, 7) is -0.234. The van der Waals surface area contributed by atoms with Gasteiger partial charge in [0.25, 0.3) is 5.56 Å². The van der Waals surface area contributed by atoms with E-state index in [-0.39, 0.29) is 34.8 Å². The van der Waals surface area contributed by atoms with Crippen molar-refractivity contribution in [3.05, 3.63) is 69.0 Å². The number of rotatable bonds is 2. The average Bonchev–Trinajstić information content (AvgIpc) is 2.95. The van der Waals surface area contributed by atoms with Gasteiger partial charge in [0, 0.05) is 16.7 Å². The molecule has 0 spiro atoms. The van der Waals surface area contributed by atoms with Crippen molar-refractivity contribution in [2.75, 3.05) is 7.11 Å². The summed E-state index contributed by atoms with van der Waals surface area (Å²) in [5, 5.41) is 0.313. The summed E-state index contributed by atoms with van der Waals surface area (Å²) < 4.78 is 6.24. The summed E-state index contributed by atoms with van der Waals surface area (Å²) in [7, 11) is 1.24. The Bertz CT molecular complexity index is 1140. The van der Waals surface area contributed by atoms with E-state index < -0.39 is 5.97 Å². The standard InChI is InChI=1S/C18H11NO5S/c1-24-13(20)8-19-18(23)12-7-6-11-14(17(12)25-19)16(22)10-5-3-2-4-9(10)15(11)21/h2-7H,8H2,1H3. The number of ether oxygens (including phenoxy) is 1. The third-order valence-electron chi connectivity index (χ3n) is 4.20. The van der Waals surface area contributed by atoms with Gasteiger partial charge in [-0.3, -0.25) is 23.1 Å². The van der Waals surface area contributed by atoms with Crippen LogP contribution in [0.1, 0.15) is 31.8 Å². The van der Waals surface area contributed by atoms with Crippen molar-refractivity contribution in [2.45, 2.75) is 6.54 Å². The predicted octanol–water partition coefficient (Wildman–Crippen LogP) is 2.01. The number of fused-ring (bicyclic) bond motifs is 4. The number of hydrogen-bond donors (Lipinski definition) is 0. The van der Waals surface area contributed by atoms with E-state index in [4.69, 9.17) is 0 Å². The van der Waals surface area contributed by atoms with Crippen LogP contribution in [0, 0.1) is 0 Å². The highest BCUT2D eigenvalue weighted by atomic mass is 32.1. The molecule has 25 heavy (non-hydrogen) atoms. The average molecular weight is 353 g/mol. The molecule has 124 valence electrons. The first-order valence-corrected chi connectivity index (χ1v) is 8.22. The molecule has 2 aromatic carbocycles. The van der Waals surface area contributed by atoms with E-state index in [2.05, 4.69) is 4.74 Å². The van der Waals surface area contributed by atoms with Crippen molar-refractivity contribution in [1.82, 2.24) is 3.96 Å². The fraction of sp³-hybridized carbons (Fsp3) is 0.111. The molecule has 1 heterocycles. The van der Waals surface area contributed by atoms with Gasteiger partial charge in [0.15, 0.2) is 11.6 Å². The zero-order valence-electron chi connectivity index (χ0n) is 13.1. The van der Waals surface area contributed by atoms with Crippen LogP contribution in [0.2, 0.25) is 0 Å². The van der Waals surface area contributed by atoms with Crippen LogP contribution in [0.4, 0.5) is 0 Å². The lowest BCUT2D eigenvalue weighted by Gasteiger charge is -2.17. The van der Waals surface area contributed by atoms with E-state index in [0.717, 1.165) is 11.5 Å². The van der Waals surface area contributed by atoms with Gasteiger partial charge in [-0.05, 0) is 12.1 Å². The van der Waals surface area contributed by atoms with Gasteiger partial charge >= 0.3 is 5.97 Å².